The van der Waals surface area contributed by atoms with Gasteiger partial charge in [-0.25, -0.2) is 0 Å². The molecule has 2 aliphatic rings. The van der Waals surface area contributed by atoms with Crippen LogP contribution in [0, 0.1) is 17.8 Å². The van der Waals surface area contributed by atoms with E-state index in [9.17, 15) is 9.59 Å². The fraction of sp³-hybridized carbons (Fsp3) is 0.600. The summed E-state index contributed by atoms with van der Waals surface area (Å²) in [5.74, 6) is 1.50. The van der Waals surface area contributed by atoms with Crippen molar-refractivity contribution in [1.82, 2.24) is 5.32 Å². The minimum Gasteiger partial charge on any atom is -0.352 e. The van der Waals surface area contributed by atoms with Gasteiger partial charge in [0.1, 0.15) is 0 Å². The smallest absolute Gasteiger partial charge is 0.251 e. The van der Waals surface area contributed by atoms with Gasteiger partial charge in [0.2, 0.25) is 5.91 Å². The number of amides is 2. The van der Waals surface area contributed by atoms with Gasteiger partial charge in [-0.3, -0.25) is 9.59 Å². The molecular weight excluding hydrogens is 300 g/mol. The summed E-state index contributed by atoms with van der Waals surface area (Å²) >= 11 is 0. The Labute approximate surface area is 144 Å². The summed E-state index contributed by atoms with van der Waals surface area (Å²) in [4.78, 5) is 24.1. The predicted molar refractivity (Wildman–Crippen MR) is 95.9 cm³/mol. The molecule has 1 aromatic rings. The highest BCUT2D eigenvalue weighted by atomic mass is 16.2. The summed E-state index contributed by atoms with van der Waals surface area (Å²) < 4.78 is 0. The summed E-state index contributed by atoms with van der Waals surface area (Å²) in [6, 6.07) is 7.17. The highest BCUT2D eigenvalue weighted by molar-refractivity contribution is 5.96. The van der Waals surface area contributed by atoms with Crippen molar-refractivity contribution >= 4 is 17.5 Å². The zero-order chi connectivity index (χ0) is 16.9. The highest BCUT2D eigenvalue weighted by Crippen LogP contribution is 2.38. The van der Waals surface area contributed by atoms with E-state index >= 15 is 0 Å². The molecule has 0 radical (unpaired) electrons. The van der Waals surface area contributed by atoms with Crippen LogP contribution in [0.5, 0.6) is 0 Å². The van der Waals surface area contributed by atoms with Crippen molar-refractivity contribution in [2.24, 2.45) is 17.8 Å². The minimum absolute atomic E-state index is 0.0282. The zero-order valence-corrected chi connectivity index (χ0v) is 14.5. The number of hydrogen-bond acceptors (Lipinski definition) is 2. The van der Waals surface area contributed by atoms with E-state index in [1.807, 2.05) is 0 Å². The van der Waals surface area contributed by atoms with Crippen LogP contribution < -0.4 is 10.6 Å². The molecule has 1 aromatic carbocycles. The molecule has 2 N–H and O–H groups in total. The average Bonchev–Trinajstić information content (AvgIpc) is 3.33. The molecule has 0 aliphatic heterocycles. The van der Waals surface area contributed by atoms with E-state index in [-0.39, 0.29) is 17.7 Å². The van der Waals surface area contributed by atoms with Crippen molar-refractivity contribution in [3.63, 3.8) is 0 Å². The second-order valence-electron chi connectivity index (χ2n) is 7.43. The Balaban J connectivity index is 1.42. The maximum atomic E-state index is 12.2. The molecular formula is C20H28N2O2. The Morgan fingerprint density at radius 2 is 1.75 bits per heavy atom. The lowest BCUT2D eigenvalue weighted by Gasteiger charge is -2.21. The van der Waals surface area contributed by atoms with Crippen molar-refractivity contribution < 1.29 is 9.59 Å². The topological polar surface area (TPSA) is 58.2 Å². The Kier molecular flexibility index (Phi) is 5.54. The van der Waals surface area contributed by atoms with E-state index in [2.05, 4.69) is 17.6 Å². The van der Waals surface area contributed by atoms with Crippen LogP contribution in [-0.4, -0.2) is 18.4 Å². The van der Waals surface area contributed by atoms with Crippen LogP contribution in [0.4, 0.5) is 5.69 Å². The minimum atomic E-state index is -0.0282. The number of carbonyl (C=O) groups excluding carboxylic acids is 2. The molecule has 2 fully saturated rings. The Morgan fingerprint density at radius 3 is 2.38 bits per heavy atom. The predicted octanol–water partition coefficient (Wildman–Crippen LogP) is 3.98. The van der Waals surface area contributed by atoms with Gasteiger partial charge < -0.3 is 10.6 Å². The summed E-state index contributed by atoms with van der Waals surface area (Å²) in [6.07, 6.45) is 8.72. The first-order valence-corrected chi connectivity index (χ1v) is 9.32. The Bertz CT molecular complexity index is 576. The maximum Gasteiger partial charge on any atom is 0.251 e. The molecule has 0 bridgehead atoms. The monoisotopic (exact) mass is 328 g/mol. The fourth-order valence-corrected chi connectivity index (χ4v) is 3.60. The van der Waals surface area contributed by atoms with Crippen molar-refractivity contribution in [2.75, 3.05) is 11.9 Å². The van der Waals surface area contributed by atoms with Crippen LogP contribution in [-0.2, 0) is 4.79 Å². The van der Waals surface area contributed by atoms with Gasteiger partial charge in [0, 0.05) is 23.7 Å². The summed E-state index contributed by atoms with van der Waals surface area (Å²) in [5.41, 5.74) is 1.41. The van der Waals surface area contributed by atoms with Gasteiger partial charge in [-0.2, -0.15) is 0 Å². The van der Waals surface area contributed by atoms with Crippen LogP contribution in [0.25, 0.3) is 0 Å². The molecule has 2 unspecified atom stereocenters. The number of carbonyl (C=O) groups is 2. The van der Waals surface area contributed by atoms with Crippen molar-refractivity contribution in [2.45, 2.75) is 51.9 Å². The standard InChI is InChI=1S/C20H28N2O2/c1-14-13-18(14)20(24)22-17-9-7-16(8-10-17)19(23)21-12-11-15-5-3-2-4-6-15/h7-10,14-15,18H,2-6,11-13H2,1H3,(H,21,23)(H,22,24). The summed E-state index contributed by atoms with van der Waals surface area (Å²) in [6.45, 7) is 2.84. The third-order valence-corrected chi connectivity index (χ3v) is 5.42. The lowest BCUT2D eigenvalue weighted by molar-refractivity contribution is -0.117. The largest absolute Gasteiger partial charge is 0.352 e. The average molecular weight is 328 g/mol. The highest BCUT2D eigenvalue weighted by Gasteiger charge is 2.39. The molecule has 3 rings (SSSR count). The van der Waals surface area contributed by atoms with E-state index in [4.69, 9.17) is 0 Å². The third-order valence-electron chi connectivity index (χ3n) is 5.42. The molecule has 2 saturated carbocycles. The van der Waals surface area contributed by atoms with Gasteiger partial charge in [0.25, 0.3) is 5.91 Å². The lowest BCUT2D eigenvalue weighted by Crippen LogP contribution is -2.26. The van der Waals surface area contributed by atoms with Crippen LogP contribution >= 0.6 is 0 Å². The molecule has 2 aliphatic carbocycles. The number of nitrogens with one attached hydrogen (secondary N) is 2. The SMILES string of the molecule is CC1CC1C(=O)Nc1ccc(C(=O)NCCC2CCCCC2)cc1. The van der Waals surface area contributed by atoms with E-state index in [1.165, 1.54) is 32.1 Å². The van der Waals surface area contributed by atoms with E-state index in [0.717, 1.165) is 31.0 Å². The first-order valence-electron chi connectivity index (χ1n) is 9.32. The van der Waals surface area contributed by atoms with Crippen molar-refractivity contribution in [1.29, 1.82) is 0 Å². The van der Waals surface area contributed by atoms with Crippen molar-refractivity contribution in [3.8, 4) is 0 Å². The van der Waals surface area contributed by atoms with E-state index in [1.54, 1.807) is 24.3 Å². The zero-order valence-electron chi connectivity index (χ0n) is 14.5. The van der Waals surface area contributed by atoms with E-state index in [0.29, 0.717) is 11.5 Å². The van der Waals surface area contributed by atoms with Crippen LogP contribution in [0.15, 0.2) is 24.3 Å². The molecule has 2 amide bonds. The molecule has 130 valence electrons. The van der Waals surface area contributed by atoms with Crippen LogP contribution in [0.1, 0.15) is 62.2 Å². The molecule has 0 heterocycles. The molecule has 24 heavy (non-hydrogen) atoms. The Morgan fingerprint density at radius 1 is 1.08 bits per heavy atom. The second kappa shape index (κ2) is 7.82. The maximum absolute atomic E-state index is 12.2. The van der Waals surface area contributed by atoms with E-state index < -0.39 is 0 Å². The normalized spacial score (nSPS) is 23.5. The third kappa shape index (κ3) is 4.59. The van der Waals surface area contributed by atoms with Gasteiger partial charge in [-0.1, -0.05) is 39.0 Å². The number of rotatable bonds is 6. The van der Waals surface area contributed by atoms with Gasteiger partial charge in [0.05, 0.1) is 0 Å². The first-order chi connectivity index (χ1) is 11.6. The molecule has 0 spiro atoms. The fourth-order valence-electron chi connectivity index (χ4n) is 3.60. The molecule has 0 aromatic heterocycles. The summed E-state index contributed by atoms with van der Waals surface area (Å²) in [7, 11) is 0. The molecule has 4 heteroatoms. The lowest BCUT2D eigenvalue weighted by atomic mass is 9.87. The van der Waals surface area contributed by atoms with Gasteiger partial charge >= 0.3 is 0 Å². The van der Waals surface area contributed by atoms with Gasteiger partial charge in [-0.15, -0.1) is 0 Å². The van der Waals surface area contributed by atoms with Gasteiger partial charge in [-0.05, 0) is 48.9 Å². The first kappa shape index (κ1) is 17.0. The second-order valence-corrected chi connectivity index (χ2v) is 7.43. The quantitative estimate of drug-likeness (QED) is 0.830. The van der Waals surface area contributed by atoms with Crippen LogP contribution in [0.3, 0.4) is 0 Å². The van der Waals surface area contributed by atoms with Gasteiger partial charge in [0.15, 0.2) is 0 Å². The molecule has 2 atom stereocenters. The van der Waals surface area contributed by atoms with Crippen LogP contribution in [0.2, 0.25) is 0 Å². The number of hydrogen-bond donors (Lipinski definition) is 2. The summed E-state index contributed by atoms with van der Waals surface area (Å²) in [5, 5.41) is 5.93. The Hall–Kier alpha value is -1.84. The molecule has 0 saturated heterocycles. The number of anilines is 1. The molecule has 4 nitrogen and oxygen atoms in total. The van der Waals surface area contributed by atoms with Crippen molar-refractivity contribution in [3.05, 3.63) is 29.8 Å². The number of benzene rings is 1.